The number of piperidine rings is 1. The van der Waals surface area contributed by atoms with E-state index in [9.17, 15) is 4.39 Å². The monoisotopic (exact) mass is 481 g/mol. The Morgan fingerprint density at radius 2 is 1.74 bits per heavy atom. The van der Waals surface area contributed by atoms with Crippen molar-refractivity contribution < 1.29 is 9.13 Å². The maximum absolute atomic E-state index is 12.5. The van der Waals surface area contributed by atoms with Crippen LogP contribution in [0.15, 0.2) is 72.1 Å². The predicted octanol–water partition coefficient (Wildman–Crippen LogP) is 5.87. The fourth-order valence-corrected chi connectivity index (χ4v) is 5.78. The summed E-state index contributed by atoms with van der Waals surface area (Å²) >= 11 is 1.71. The lowest BCUT2D eigenvalue weighted by molar-refractivity contribution is 0.115. The lowest BCUT2D eigenvalue weighted by Crippen LogP contribution is -2.50. The second-order valence-corrected chi connectivity index (χ2v) is 10.1. The van der Waals surface area contributed by atoms with Crippen LogP contribution in [0.25, 0.3) is 0 Å². The number of thiophene rings is 1. The number of halogens is 1. The lowest BCUT2D eigenvalue weighted by atomic mass is 9.79. The highest BCUT2D eigenvalue weighted by Crippen LogP contribution is 2.41. The van der Waals surface area contributed by atoms with Crippen molar-refractivity contribution in [2.24, 2.45) is 0 Å². The van der Waals surface area contributed by atoms with Gasteiger partial charge in [-0.05, 0) is 62.6 Å². The van der Waals surface area contributed by atoms with E-state index >= 15 is 0 Å². The van der Waals surface area contributed by atoms with E-state index in [1.54, 1.807) is 11.3 Å². The van der Waals surface area contributed by atoms with Gasteiger partial charge in [-0.25, -0.2) is 4.39 Å². The summed E-state index contributed by atoms with van der Waals surface area (Å²) in [6.07, 6.45) is 2.86. The molecule has 182 valence electrons. The number of ether oxygens (including phenoxy) is 1. The number of rotatable bonds is 11. The summed E-state index contributed by atoms with van der Waals surface area (Å²) < 4.78 is 19.1. The third-order valence-corrected chi connectivity index (χ3v) is 7.91. The summed E-state index contributed by atoms with van der Waals surface area (Å²) in [6.45, 7) is 2.70. The van der Waals surface area contributed by atoms with Crippen LogP contribution in [0.4, 0.5) is 10.1 Å². The minimum atomic E-state index is -0.347. The van der Waals surface area contributed by atoms with Crippen LogP contribution in [-0.2, 0) is 5.54 Å². The molecule has 3 aromatic rings. The molecule has 2 aromatic carbocycles. The summed E-state index contributed by atoms with van der Waals surface area (Å²) in [6, 6.07) is 23.5. The van der Waals surface area contributed by atoms with Gasteiger partial charge in [0.15, 0.2) is 0 Å². The molecule has 0 saturated carbocycles. The van der Waals surface area contributed by atoms with Gasteiger partial charge in [-0.2, -0.15) is 0 Å². The van der Waals surface area contributed by atoms with Gasteiger partial charge < -0.3 is 15.0 Å². The van der Waals surface area contributed by atoms with E-state index in [1.807, 2.05) is 6.07 Å². The molecule has 1 fully saturated rings. The molecule has 0 unspecified atom stereocenters. The number of benzene rings is 2. The van der Waals surface area contributed by atoms with Crippen LogP contribution < -0.4 is 15.0 Å². The summed E-state index contributed by atoms with van der Waals surface area (Å²) in [4.78, 5) is 6.05. The second-order valence-electron chi connectivity index (χ2n) is 9.10. The first-order valence-electron chi connectivity index (χ1n) is 12.2. The largest absolute Gasteiger partial charge is 0.483 e. The molecule has 1 aromatic heterocycles. The highest BCUT2D eigenvalue weighted by atomic mass is 32.1. The molecule has 0 aliphatic carbocycles. The van der Waals surface area contributed by atoms with E-state index in [2.05, 4.69) is 95.3 Å². The molecule has 0 spiro atoms. The SMILES string of the molecule is CN(C)C1(c2ccccc2)CCN(c2ccccc2O[C@H](CCNCCF)c2cccs2)CC1. The standard InChI is InChI=1S/C28H36FN3OS/c1-31(2)28(23-9-4-3-5-10-23)15-20-32(21-16-28)24-11-6-7-12-25(24)33-26(14-18-30-19-17-29)27-13-8-22-34-27/h3-13,22,26,30H,14-21H2,1-2H3/t26-/m1/s1. The van der Waals surface area contributed by atoms with E-state index in [1.165, 1.54) is 10.4 Å². The smallest absolute Gasteiger partial charge is 0.143 e. The van der Waals surface area contributed by atoms with E-state index in [0.29, 0.717) is 6.54 Å². The molecule has 0 bridgehead atoms. The zero-order valence-corrected chi connectivity index (χ0v) is 21.1. The lowest BCUT2D eigenvalue weighted by Gasteiger charge is -2.47. The van der Waals surface area contributed by atoms with Crippen LogP contribution >= 0.6 is 11.3 Å². The molecule has 0 amide bonds. The van der Waals surface area contributed by atoms with Crippen molar-refractivity contribution in [2.75, 3.05) is 51.8 Å². The predicted molar refractivity (Wildman–Crippen MR) is 141 cm³/mol. The van der Waals surface area contributed by atoms with Crippen molar-refractivity contribution in [2.45, 2.75) is 30.9 Å². The first kappa shape index (κ1) is 24.7. The molecule has 1 aliphatic rings. The van der Waals surface area contributed by atoms with Gasteiger partial charge in [0.05, 0.1) is 5.69 Å². The molecule has 1 aliphatic heterocycles. The van der Waals surface area contributed by atoms with E-state index in [-0.39, 0.29) is 18.3 Å². The molecular formula is C28H36FN3OS. The summed E-state index contributed by atoms with van der Waals surface area (Å²) in [7, 11) is 4.39. The van der Waals surface area contributed by atoms with Crippen molar-refractivity contribution in [3.05, 3.63) is 82.6 Å². The van der Waals surface area contributed by atoms with Crippen molar-refractivity contribution in [1.82, 2.24) is 10.2 Å². The highest BCUT2D eigenvalue weighted by Gasteiger charge is 2.38. The number of hydrogen-bond donors (Lipinski definition) is 1. The Balaban J connectivity index is 1.50. The van der Waals surface area contributed by atoms with Gasteiger partial charge in [-0.15, -0.1) is 11.3 Å². The number of para-hydroxylation sites is 2. The molecule has 34 heavy (non-hydrogen) atoms. The molecule has 1 N–H and O–H groups in total. The van der Waals surface area contributed by atoms with Crippen molar-refractivity contribution in [3.8, 4) is 5.75 Å². The van der Waals surface area contributed by atoms with E-state index < -0.39 is 0 Å². The second kappa shape index (κ2) is 11.8. The molecule has 1 atom stereocenters. The van der Waals surface area contributed by atoms with Crippen LogP contribution in [0.1, 0.15) is 35.8 Å². The average molecular weight is 482 g/mol. The minimum Gasteiger partial charge on any atom is -0.483 e. The van der Waals surface area contributed by atoms with Crippen molar-refractivity contribution >= 4 is 17.0 Å². The number of anilines is 1. The van der Waals surface area contributed by atoms with Gasteiger partial charge in [0, 0.05) is 36.5 Å². The number of nitrogens with zero attached hydrogens (tertiary/aromatic N) is 2. The Kier molecular flexibility index (Phi) is 8.59. The Labute approximate surface area is 207 Å². The first-order chi connectivity index (χ1) is 16.6. The molecule has 4 nitrogen and oxygen atoms in total. The molecular weight excluding hydrogens is 445 g/mol. The first-order valence-corrected chi connectivity index (χ1v) is 13.1. The minimum absolute atomic E-state index is 0.0507. The Bertz CT molecular complexity index is 988. The topological polar surface area (TPSA) is 27.7 Å². The van der Waals surface area contributed by atoms with Crippen LogP contribution in [0.2, 0.25) is 0 Å². The van der Waals surface area contributed by atoms with Crippen molar-refractivity contribution in [1.29, 1.82) is 0 Å². The van der Waals surface area contributed by atoms with Crippen molar-refractivity contribution in [3.63, 3.8) is 0 Å². The number of nitrogens with one attached hydrogen (secondary N) is 1. The van der Waals surface area contributed by atoms with Crippen LogP contribution in [0, 0.1) is 0 Å². The number of hydrogen-bond acceptors (Lipinski definition) is 5. The quantitative estimate of drug-likeness (QED) is 0.347. The highest BCUT2D eigenvalue weighted by molar-refractivity contribution is 7.10. The van der Waals surface area contributed by atoms with Gasteiger partial charge in [0.2, 0.25) is 0 Å². The normalized spacial score (nSPS) is 16.5. The average Bonchev–Trinajstić information content (AvgIpc) is 3.42. The van der Waals surface area contributed by atoms with Gasteiger partial charge in [0.25, 0.3) is 0 Å². The Morgan fingerprint density at radius 3 is 2.41 bits per heavy atom. The molecule has 1 saturated heterocycles. The zero-order valence-electron chi connectivity index (χ0n) is 20.3. The van der Waals surface area contributed by atoms with E-state index in [0.717, 1.165) is 50.3 Å². The van der Waals surface area contributed by atoms with Gasteiger partial charge in [-0.1, -0.05) is 48.5 Å². The fraction of sp³-hybridized carbons (Fsp3) is 0.429. The molecule has 6 heteroatoms. The zero-order chi connectivity index (χ0) is 23.8. The molecule has 4 rings (SSSR count). The third kappa shape index (κ3) is 5.62. The van der Waals surface area contributed by atoms with Gasteiger partial charge >= 0.3 is 0 Å². The van der Waals surface area contributed by atoms with Crippen LogP contribution in [-0.4, -0.2) is 51.8 Å². The van der Waals surface area contributed by atoms with Gasteiger partial charge in [0.1, 0.15) is 18.5 Å². The van der Waals surface area contributed by atoms with E-state index in [4.69, 9.17) is 4.74 Å². The molecule has 2 heterocycles. The fourth-order valence-electron chi connectivity index (χ4n) is 4.99. The summed E-state index contributed by atoms with van der Waals surface area (Å²) in [5.41, 5.74) is 2.60. The summed E-state index contributed by atoms with van der Waals surface area (Å²) in [5.74, 6) is 0.920. The van der Waals surface area contributed by atoms with Gasteiger partial charge in [-0.3, -0.25) is 4.90 Å². The Hall–Kier alpha value is -2.41. The molecule has 0 radical (unpaired) electrons. The summed E-state index contributed by atoms with van der Waals surface area (Å²) in [5, 5.41) is 5.25. The van der Waals surface area contributed by atoms with Crippen LogP contribution in [0.5, 0.6) is 5.75 Å². The maximum Gasteiger partial charge on any atom is 0.143 e. The third-order valence-electron chi connectivity index (χ3n) is 6.95. The van der Waals surface area contributed by atoms with Crippen LogP contribution in [0.3, 0.4) is 0 Å². The Morgan fingerprint density at radius 1 is 1.00 bits per heavy atom. The number of alkyl halides is 1. The maximum atomic E-state index is 12.5.